The predicted molar refractivity (Wildman–Crippen MR) is 99.6 cm³/mol. The Morgan fingerprint density at radius 2 is 1.62 bits per heavy atom. The van der Waals surface area contributed by atoms with Gasteiger partial charge < -0.3 is 5.32 Å². The summed E-state index contributed by atoms with van der Waals surface area (Å²) in [4.78, 5) is 12.0. The average molecular weight is 355 g/mol. The first kappa shape index (κ1) is 16.7. The van der Waals surface area contributed by atoms with Crippen LogP contribution in [0.15, 0.2) is 65.0 Å². The van der Waals surface area contributed by atoms with Gasteiger partial charge in [-0.3, -0.25) is 4.79 Å². The van der Waals surface area contributed by atoms with E-state index in [2.05, 4.69) is 27.6 Å². The first-order valence-corrected chi connectivity index (χ1v) is 9.44. The number of hydrogen-bond donors (Lipinski definition) is 1. The lowest BCUT2D eigenvalue weighted by Crippen LogP contribution is -2.14. The predicted octanol–water partition coefficient (Wildman–Crippen LogP) is 4.05. The first-order valence-electron chi connectivity index (χ1n) is 7.63. The van der Waals surface area contributed by atoms with Crippen LogP contribution >= 0.6 is 23.1 Å². The van der Waals surface area contributed by atoms with E-state index in [1.807, 2.05) is 48.5 Å². The van der Waals surface area contributed by atoms with Gasteiger partial charge in [0.1, 0.15) is 0 Å². The van der Waals surface area contributed by atoms with Crippen LogP contribution in [0.1, 0.15) is 11.1 Å². The van der Waals surface area contributed by atoms with Crippen molar-refractivity contribution in [2.75, 3.05) is 11.1 Å². The van der Waals surface area contributed by atoms with Crippen molar-refractivity contribution in [2.45, 2.75) is 17.2 Å². The van der Waals surface area contributed by atoms with E-state index in [9.17, 15) is 4.79 Å². The second-order valence-corrected chi connectivity index (χ2v) is 7.49. The maximum absolute atomic E-state index is 12.0. The Hall–Kier alpha value is -2.18. The molecule has 1 aromatic heterocycles. The highest BCUT2D eigenvalue weighted by molar-refractivity contribution is 8.01. The first-order chi connectivity index (χ1) is 11.8. The molecule has 0 radical (unpaired) electrons. The zero-order chi connectivity index (χ0) is 16.6. The van der Waals surface area contributed by atoms with Gasteiger partial charge in [0, 0.05) is 5.75 Å². The second kappa shape index (κ2) is 8.61. The lowest BCUT2D eigenvalue weighted by molar-refractivity contribution is -0.115. The van der Waals surface area contributed by atoms with Gasteiger partial charge in [-0.05, 0) is 17.5 Å². The average Bonchev–Trinajstić information content (AvgIpc) is 3.04. The maximum Gasteiger partial charge on any atom is 0.230 e. The van der Waals surface area contributed by atoms with Crippen molar-refractivity contribution < 1.29 is 4.79 Å². The number of aryl methyl sites for hydroxylation is 1. The van der Waals surface area contributed by atoms with Gasteiger partial charge in [-0.1, -0.05) is 83.8 Å². The van der Waals surface area contributed by atoms with Gasteiger partial charge in [0.25, 0.3) is 0 Å². The number of amides is 1. The van der Waals surface area contributed by atoms with Gasteiger partial charge in [-0.2, -0.15) is 0 Å². The number of anilines is 1. The van der Waals surface area contributed by atoms with Crippen LogP contribution in [-0.4, -0.2) is 21.9 Å². The molecule has 0 bridgehead atoms. The van der Waals surface area contributed by atoms with Crippen molar-refractivity contribution in [3.8, 4) is 0 Å². The van der Waals surface area contributed by atoms with Crippen LogP contribution in [0.5, 0.6) is 0 Å². The topological polar surface area (TPSA) is 54.9 Å². The van der Waals surface area contributed by atoms with Gasteiger partial charge in [0.2, 0.25) is 11.0 Å². The Balaban J connectivity index is 1.46. The highest BCUT2D eigenvalue weighted by Crippen LogP contribution is 2.26. The fourth-order valence-corrected chi connectivity index (χ4v) is 3.99. The summed E-state index contributed by atoms with van der Waals surface area (Å²) in [5, 5.41) is 11.5. The highest BCUT2D eigenvalue weighted by atomic mass is 32.2. The molecular formula is C18H17N3OS2. The van der Waals surface area contributed by atoms with Crippen molar-refractivity contribution in [3.05, 3.63) is 71.8 Å². The number of rotatable bonds is 7. The number of hydrogen-bond acceptors (Lipinski definition) is 5. The molecule has 0 aliphatic rings. The number of nitrogens with zero attached hydrogens (tertiary/aromatic N) is 2. The fraction of sp³-hybridized carbons (Fsp3) is 0.167. The fourth-order valence-electron chi connectivity index (χ4n) is 2.16. The molecule has 24 heavy (non-hydrogen) atoms. The molecule has 0 aliphatic carbocycles. The minimum absolute atomic E-state index is 0.0711. The smallest absolute Gasteiger partial charge is 0.230 e. The molecule has 1 N–H and O–H groups in total. The summed E-state index contributed by atoms with van der Waals surface area (Å²) in [6, 6.07) is 20.0. The van der Waals surface area contributed by atoms with E-state index in [4.69, 9.17) is 0 Å². The monoisotopic (exact) mass is 355 g/mol. The van der Waals surface area contributed by atoms with E-state index in [1.54, 1.807) is 11.8 Å². The third-order valence-corrected chi connectivity index (χ3v) is 5.29. The highest BCUT2D eigenvalue weighted by Gasteiger charge is 2.09. The van der Waals surface area contributed by atoms with Crippen LogP contribution in [0.25, 0.3) is 0 Å². The summed E-state index contributed by atoms with van der Waals surface area (Å²) in [6.45, 7) is 0. The van der Waals surface area contributed by atoms with Gasteiger partial charge in [0.15, 0.2) is 4.34 Å². The molecule has 4 nitrogen and oxygen atoms in total. The third kappa shape index (κ3) is 5.18. The Labute approximate surface area is 149 Å². The summed E-state index contributed by atoms with van der Waals surface area (Å²) in [5.74, 6) is 0.870. The standard InChI is InChI=1S/C18H17N3OS2/c22-16(13-15-9-5-2-6-10-15)19-17-20-21-18(24-17)23-12-11-14-7-3-1-4-8-14/h1-10H,11-13H2,(H,19,20,22). The summed E-state index contributed by atoms with van der Waals surface area (Å²) in [7, 11) is 0. The Morgan fingerprint density at radius 1 is 0.958 bits per heavy atom. The van der Waals surface area contributed by atoms with E-state index in [0.717, 1.165) is 22.1 Å². The molecule has 6 heteroatoms. The largest absolute Gasteiger partial charge is 0.300 e. The number of carbonyl (C=O) groups is 1. The zero-order valence-corrected chi connectivity index (χ0v) is 14.6. The number of aromatic nitrogens is 2. The Kier molecular flexibility index (Phi) is 5.98. The quantitative estimate of drug-likeness (QED) is 0.513. The SMILES string of the molecule is O=C(Cc1ccccc1)Nc1nnc(SCCc2ccccc2)s1. The molecule has 0 saturated heterocycles. The minimum Gasteiger partial charge on any atom is -0.300 e. The normalized spacial score (nSPS) is 10.5. The molecule has 1 amide bonds. The zero-order valence-electron chi connectivity index (χ0n) is 13.0. The van der Waals surface area contributed by atoms with Crippen molar-refractivity contribution in [2.24, 2.45) is 0 Å². The van der Waals surface area contributed by atoms with Crippen LogP contribution in [0.4, 0.5) is 5.13 Å². The number of carbonyl (C=O) groups excluding carboxylic acids is 1. The molecule has 3 aromatic rings. The lowest BCUT2D eigenvalue weighted by Gasteiger charge is -2.01. The van der Waals surface area contributed by atoms with Crippen molar-refractivity contribution in [1.82, 2.24) is 10.2 Å². The summed E-state index contributed by atoms with van der Waals surface area (Å²) >= 11 is 3.08. The van der Waals surface area contributed by atoms with E-state index in [1.165, 1.54) is 16.9 Å². The minimum atomic E-state index is -0.0711. The molecule has 0 saturated carbocycles. The van der Waals surface area contributed by atoms with E-state index in [-0.39, 0.29) is 5.91 Å². The molecule has 2 aromatic carbocycles. The summed E-state index contributed by atoms with van der Waals surface area (Å²) in [6.07, 6.45) is 1.33. The van der Waals surface area contributed by atoms with E-state index in [0.29, 0.717) is 11.6 Å². The molecule has 0 atom stereocenters. The number of nitrogens with one attached hydrogen (secondary N) is 1. The van der Waals surface area contributed by atoms with Gasteiger partial charge in [0.05, 0.1) is 6.42 Å². The molecule has 0 unspecified atom stereocenters. The van der Waals surface area contributed by atoms with Crippen molar-refractivity contribution in [3.63, 3.8) is 0 Å². The molecule has 0 fully saturated rings. The van der Waals surface area contributed by atoms with Crippen molar-refractivity contribution in [1.29, 1.82) is 0 Å². The summed E-state index contributed by atoms with van der Waals surface area (Å²) < 4.78 is 0.876. The molecule has 1 heterocycles. The molecular weight excluding hydrogens is 338 g/mol. The van der Waals surface area contributed by atoms with E-state index < -0.39 is 0 Å². The lowest BCUT2D eigenvalue weighted by atomic mass is 10.1. The Morgan fingerprint density at radius 3 is 2.33 bits per heavy atom. The van der Waals surface area contributed by atoms with Crippen LogP contribution in [-0.2, 0) is 17.6 Å². The van der Waals surface area contributed by atoms with E-state index >= 15 is 0 Å². The van der Waals surface area contributed by atoms with Crippen LogP contribution in [0.3, 0.4) is 0 Å². The van der Waals surface area contributed by atoms with Gasteiger partial charge in [-0.15, -0.1) is 10.2 Å². The Bertz CT molecular complexity index is 775. The van der Waals surface area contributed by atoms with Crippen molar-refractivity contribution >= 4 is 34.1 Å². The van der Waals surface area contributed by atoms with Gasteiger partial charge >= 0.3 is 0 Å². The third-order valence-electron chi connectivity index (χ3n) is 3.32. The molecule has 3 rings (SSSR count). The number of thioether (sulfide) groups is 1. The summed E-state index contributed by atoms with van der Waals surface area (Å²) in [5.41, 5.74) is 2.29. The second-order valence-electron chi connectivity index (χ2n) is 5.17. The van der Waals surface area contributed by atoms with Crippen LogP contribution in [0.2, 0.25) is 0 Å². The molecule has 0 aliphatic heterocycles. The van der Waals surface area contributed by atoms with Crippen LogP contribution < -0.4 is 5.32 Å². The van der Waals surface area contributed by atoms with Gasteiger partial charge in [-0.25, -0.2) is 0 Å². The maximum atomic E-state index is 12.0. The molecule has 122 valence electrons. The molecule has 0 spiro atoms. The number of benzene rings is 2. The van der Waals surface area contributed by atoms with Crippen LogP contribution in [0, 0.1) is 0 Å².